The molecule has 0 spiro atoms. The van der Waals surface area contributed by atoms with Crippen LogP contribution in [-0.4, -0.2) is 11.7 Å². The number of nitrogens with one attached hydrogen (secondary N) is 1. The molecule has 8 heteroatoms. The first-order chi connectivity index (χ1) is 14.3. The van der Waals surface area contributed by atoms with Gasteiger partial charge >= 0.3 is 0 Å². The third-order valence-corrected chi connectivity index (χ3v) is 6.57. The Hall–Kier alpha value is -3.08. The number of nitriles is 3. The monoisotopic (exact) mass is 436 g/mol. The molecule has 2 fully saturated rings. The van der Waals surface area contributed by atoms with Crippen molar-refractivity contribution < 1.29 is 9.47 Å². The molecule has 2 bridgehead atoms. The van der Waals surface area contributed by atoms with Crippen molar-refractivity contribution in [2.45, 2.75) is 24.7 Å². The summed E-state index contributed by atoms with van der Waals surface area (Å²) in [5.41, 5.74) is -3.27. The standard InChI is InChI=1S/C22H14Cl2N4O2/c1-20-17(13-6-3-2-4-7-13)22(12-27,19(28)30-20)21(10-25,11-26)18(29-20)16-14(23)8-5-9-15(16)24/h2-9,17-18,28H,1H3. The lowest BCUT2D eigenvalue weighted by Crippen LogP contribution is -2.57. The molecule has 0 aliphatic carbocycles. The highest BCUT2D eigenvalue weighted by Gasteiger charge is 2.80. The van der Waals surface area contributed by atoms with Crippen molar-refractivity contribution >= 4 is 29.1 Å². The van der Waals surface area contributed by atoms with E-state index in [2.05, 4.69) is 6.07 Å². The highest BCUT2D eigenvalue weighted by atomic mass is 35.5. The van der Waals surface area contributed by atoms with Crippen LogP contribution in [0.1, 0.15) is 30.1 Å². The van der Waals surface area contributed by atoms with Crippen molar-refractivity contribution in [2.24, 2.45) is 10.8 Å². The first-order valence-corrected chi connectivity index (χ1v) is 9.75. The molecule has 2 aromatic rings. The van der Waals surface area contributed by atoms with Gasteiger partial charge in [-0.05, 0) is 17.7 Å². The summed E-state index contributed by atoms with van der Waals surface area (Å²) >= 11 is 12.8. The van der Waals surface area contributed by atoms with E-state index in [0.29, 0.717) is 5.56 Å². The van der Waals surface area contributed by atoms with Crippen LogP contribution in [0, 0.1) is 50.2 Å². The number of benzene rings is 2. The maximum Gasteiger partial charge on any atom is 0.218 e. The summed E-state index contributed by atoms with van der Waals surface area (Å²) in [6.07, 6.45) is -1.32. The van der Waals surface area contributed by atoms with E-state index in [1.54, 1.807) is 55.5 Å². The van der Waals surface area contributed by atoms with Gasteiger partial charge in [-0.15, -0.1) is 0 Å². The molecule has 2 aromatic carbocycles. The first kappa shape index (κ1) is 20.2. The van der Waals surface area contributed by atoms with E-state index in [9.17, 15) is 15.8 Å². The Morgan fingerprint density at radius 3 is 2.07 bits per heavy atom. The smallest absolute Gasteiger partial charge is 0.218 e. The van der Waals surface area contributed by atoms with Crippen LogP contribution < -0.4 is 0 Å². The molecule has 4 rings (SSSR count). The molecule has 30 heavy (non-hydrogen) atoms. The molecule has 2 aliphatic heterocycles. The molecule has 0 amide bonds. The number of hydrogen-bond donors (Lipinski definition) is 1. The largest absolute Gasteiger partial charge is 0.447 e. The lowest BCUT2D eigenvalue weighted by Gasteiger charge is -2.49. The average molecular weight is 437 g/mol. The van der Waals surface area contributed by atoms with Crippen molar-refractivity contribution in [2.75, 3.05) is 0 Å². The van der Waals surface area contributed by atoms with Gasteiger partial charge in [-0.25, -0.2) is 0 Å². The summed E-state index contributed by atoms with van der Waals surface area (Å²) in [5, 5.41) is 39.9. The van der Waals surface area contributed by atoms with Crippen LogP contribution in [0.2, 0.25) is 10.0 Å². The van der Waals surface area contributed by atoms with Crippen molar-refractivity contribution in [1.29, 1.82) is 21.2 Å². The molecule has 0 radical (unpaired) electrons. The van der Waals surface area contributed by atoms with Gasteiger partial charge in [0, 0.05) is 22.5 Å². The van der Waals surface area contributed by atoms with Crippen molar-refractivity contribution in [3.8, 4) is 18.2 Å². The summed E-state index contributed by atoms with van der Waals surface area (Å²) in [6.45, 7) is 1.59. The summed E-state index contributed by atoms with van der Waals surface area (Å²) in [5.74, 6) is -2.89. The zero-order valence-electron chi connectivity index (χ0n) is 15.7. The molecule has 1 N–H and O–H groups in total. The van der Waals surface area contributed by atoms with E-state index in [-0.39, 0.29) is 15.6 Å². The highest BCUT2D eigenvalue weighted by Crippen LogP contribution is 2.70. The second kappa shape index (κ2) is 6.73. The molecule has 2 heterocycles. The van der Waals surface area contributed by atoms with E-state index in [0.717, 1.165) is 0 Å². The Bertz CT molecular complexity index is 1150. The Balaban J connectivity index is 2.09. The van der Waals surface area contributed by atoms with E-state index < -0.39 is 34.5 Å². The maximum absolute atomic E-state index is 10.4. The van der Waals surface area contributed by atoms with Crippen LogP contribution in [0.25, 0.3) is 0 Å². The fraction of sp³-hybridized carbons (Fsp3) is 0.273. The molecule has 2 aliphatic rings. The van der Waals surface area contributed by atoms with Gasteiger partial charge < -0.3 is 9.47 Å². The van der Waals surface area contributed by atoms with Gasteiger partial charge in [0.15, 0.2) is 5.41 Å². The number of halogens is 2. The summed E-state index contributed by atoms with van der Waals surface area (Å²) < 4.78 is 12.0. The molecule has 4 unspecified atom stereocenters. The summed E-state index contributed by atoms with van der Waals surface area (Å²) in [4.78, 5) is 0. The molecule has 4 atom stereocenters. The summed E-state index contributed by atoms with van der Waals surface area (Å²) in [7, 11) is 0. The van der Waals surface area contributed by atoms with Crippen LogP contribution in [0.5, 0.6) is 0 Å². The van der Waals surface area contributed by atoms with E-state index in [4.69, 9.17) is 38.1 Å². The SMILES string of the molecule is CC12OC(=N)C(C#N)(C1c1ccccc1)C(C#N)(C#N)C(c1c(Cl)cccc1Cl)O2. The Kier molecular flexibility index (Phi) is 4.53. The lowest BCUT2D eigenvalue weighted by molar-refractivity contribution is -0.253. The third-order valence-electron chi connectivity index (χ3n) is 5.91. The minimum atomic E-state index is -2.15. The second-order valence-electron chi connectivity index (χ2n) is 7.38. The molecule has 0 saturated carbocycles. The molecule has 0 aromatic heterocycles. The predicted molar refractivity (Wildman–Crippen MR) is 108 cm³/mol. The minimum absolute atomic E-state index is 0.183. The van der Waals surface area contributed by atoms with Gasteiger partial charge in [0.25, 0.3) is 0 Å². The van der Waals surface area contributed by atoms with Crippen molar-refractivity contribution in [3.05, 3.63) is 69.7 Å². The van der Waals surface area contributed by atoms with Gasteiger partial charge in [0.2, 0.25) is 17.1 Å². The van der Waals surface area contributed by atoms with Crippen LogP contribution in [0.4, 0.5) is 0 Å². The molecular formula is C22H14Cl2N4O2. The second-order valence-corrected chi connectivity index (χ2v) is 8.19. The Labute approximate surface area is 183 Å². The van der Waals surface area contributed by atoms with Gasteiger partial charge in [-0.1, -0.05) is 59.6 Å². The highest BCUT2D eigenvalue weighted by molar-refractivity contribution is 6.36. The van der Waals surface area contributed by atoms with E-state index in [1.165, 1.54) is 0 Å². The Morgan fingerprint density at radius 1 is 0.933 bits per heavy atom. The molecular weight excluding hydrogens is 423 g/mol. The van der Waals surface area contributed by atoms with Crippen LogP contribution in [0.15, 0.2) is 48.5 Å². The zero-order valence-corrected chi connectivity index (χ0v) is 17.2. The number of fused-ring (bicyclic) bond motifs is 2. The third kappa shape index (κ3) is 2.29. The number of ether oxygens (including phenoxy) is 2. The van der Waals surface area contributed by atoms with Crippen molar-refractivity contribution in [3.63, 3.8) is 0 Å². The quantitative estimate of drug-likeness (QED) is 0.701. The molecule has 2 saturated heterocycles. The van der Waals surface area contributed by atoms with Crippen molar-refractivity contribution in [1.82, 2.24) is 0 Å². The zero-order chi connectivity index (χ0) is 21.7. The predicted octanol–water partition coefficient (Wildman–Crippen LogP) is 5.12. The van der Waals surface area contributed by atoms with E-state index >= 15 is 0 Å². The minimum Gasteiger partial charge on any atom is -0.447 e. The fourth-order valence-corrected chi connectivity index (χ4v) is 5.25. The Morgan fingerprint density at radius 2 is 1.53 bits per heavy atom. The van der Waals surface area contributed by atoms with E-state index in [1.807, 2.05) is 12.1 Å². The number of rotatable bonds is 2. The van der Waals surface area contributed by atoms with Crippen LogP contribution >= 0.6 is 23.2 Å². The van der Waals surface area contributed by atoms with Crippen LogP contribution in [0.3, 0.4) is 0 Å². The average Bonchev–Trinajstić information content (AvgIpc) is 2.92. The normalized spacial score (nSPS) is 31.1. The van der Waals surface area contributed by atoms with Crippen LogP contribution in [-0.2, 0) is 9.47 Å². The van der Waals surface area contributed by atoms with Gasteiger partial charge in [0.05, 0.1) is 24.1 Å². The van der Waals surface area contributed by atoms with Gasteiger partial charge in [-0.3, -0.25) is 5.41 Å². The fourth-order valence-electron chi connectivity index (χ4n) is 4.65. The lowest BCUT2D eigenvalue weighted by atomic mass is 9.52. The number of hydrogen-bond acceptors (Lipinski definition) is 6. The summed E-state index contributed by atoms with van der Waals surface area (Å²) in [6, 6.07) is 19.7. The first-order valence-electron chi connectivity index (χ1n) is 8.99. The topological polar surface area (TPSA) is 114 Å². The van der Waals surface area contributed by atoms with Gasteiger partial charge in [-0.2, -0.15) is 15.8 Å². The van der Waals surface area contributed by atoms with Gasteiger partial charge in [0.1, 0.15) is 6.10 Å². The maximum atomic E-state index is 10.4. The number of nitrogens with zero attached hydrogens (tertiary/aromatic N) is 3. The molecule has 148 valence electrons. The molecule has 6 nitrogen and oxygen atoms in total.